The fraction of sp³-hybridized carbons (Fsp3) is 0.833. The highest BCUT2D eigenvalue weighted by Gasteiger charge is 1.96. The predicted octanol–water partition coefficient (Wildman–Crippen LogP) is -1.17. The van der Waals surface area contributed by atoms with E-state index in [1.54, 1.807) is 0 Å². The summed E-state index contributed by atoms with van der Waals surface area (Å²) in [7, 11) is 0. The third-order valence-electron chi connectivity index (χ3n) is 1.03. The number of aliphatic hydroxyl groups excluding tert-OH is 1. The van der Waals surface area contributed by atoms with Gasteiger partial charge in [0.05, 0.1) is 0 Å². The van der Waals surface area contributed by atoms with Crippen LogP contribution in [0.1, 0.15) is 12.8 Å². The summed E-state index contributed by atoms with van der Waals surface area (Å²) in [6.45, 7) is 1.05. The molecule has 0 saturated heterocycles. The maximum absolute atomic E-state index is 10.7. The molecular weight excluding hydrogens is 132 g/mol. The fourth-order valence-electron chi connectivity index (χ4n) is 0.540. The van der Waals surface area contributed by atoms with E-state index in [9.17, 15) is 4.79 Å². The van der Waals surface area contributed by atoms with Gasteiger partial charge in [-0.25, -0.2) is 0 Å². The molecule has 0 atom stereocenters. The van der Waals surface area contributed by atoms with Crippen LogP contribution in [0.15, 0.2) is 0 Å². The van der Waals surface area contributed by atoms with Crippen molar-refractivity contribution in [2.75, 3.05) is 19.7 Å². The molecule has 0 heterocycles. The lowest BCUT2D eigenvalue weighted by Gasteiger charge is -2.00. The molecule has 0 fully saturated rings. The molecule has 4 heteroatoms. The van der Waals surface area contributed by atoms with Crippen molar-refractivity contribution in [3.8, 4) is 0 Å². The summed E-state index contributed by atoms with van der Waals surface area (Å²) in [5.74, 6) is -0.0421. The number of rotatable bonds is 5. The Morgan fingerprint density at radius 1 is 1.60 bits per heavy atom. The summed E-state index contributed by atoms with van der Waals surface area (Å²) in [5, 5.41) is 10.9. The molecule has 0 aliphatic carbocycles. The minimum atomic E-state index is -0.0421. The molecule has 10 heavy (non-hydrogen) atoms. The average molecular weight is 146 g/mol. The van der Waals surface area contributed by atoms with Crippen LogP contribution in [0.5, 0.6) is 0 Å². The first kappa shape index (κ1) is 9.39. The van der Waals surface area contributed by atoms with E-state index in [0.29, 0.717) is 25.9 Å². The number of aliphatic hydroxyl groups is 1. The molecule has 4 N–H and O–H groups in total. The summed E-state index contributed by atoms with van der Waals surface area (Å²) in [4.78, 5) is 10.7. The lowest BCUT2D eigenvalue weighted by molar-refractivity contribution is -0.121. The Morgan fingerprint density at radius 2 is 2.30 bits per heavy atom. The minimum absolute atomic E-state index is 0.0421. The second-order valence-corrected chi connectivity index (χ2v) is 1.97. The monoisotopic (exact) mass is 146 g/mol. The van der Waals surface area contributed by atoms with Gasteiger partial charge in [-0.05, 0) is 6.42 Å². The number of hydrogen-bond donors (Lipinski definition) is 3. The number of carbonyl (C=O) groups excluding carboxylic acids is 1. The molecule has 60 valence electrons. The lowest BCUT2D eigenvalue weighted by atomic mass is 10.3. The zero-order chi connectivity index (χ0) is 7.82. The summed E-state index contributed by atoms with van der Waals surface area (Å²) in [6, 6.07) is 0. The Kier molecular flexibility index (Phi) is 6.11. The molecule has 1 amide bonds. The van der Waals surface area contributed by atoms with Crippen LogP contribution in [0.25, 0.3) is 0 Å². The van der Waals surface area contributed by atoms with E-state index in [-0.39, 0.29) is 12.5 Å². The first-order valence-electron chi connectivity index (χ1n) is 3.39. The largest absolute Gasteiger partial charge is 0.396 e. The van der Waals surface area contributed by atoms with Crippen LogP contribution in [-0.4, -0.2) is 30.7 Å². The van der Waals surface area contributed by atoms with Crippen LogP contribution in [0, 0.1) is 0 Å². The van der Waals surface area contributed by atoms with E-state index in [1.807, 2.05) is 0 Å². The Morgan fingerprint density at radius 3 is 2.80 bits per heavy atom. The third-order valence-corrected chi connectivity index (χ3v) is 1.03. The van der Waals surface area contributed by atoms with Gasteiger partial charge in [-0.1, -0.05) is 0 Å². The van der Waals surface area contributed by atoms with Crippen molar-refractivity contribution < 1.29 is 9.90 Å². The highest BCUT2D eigenvalue weighted by Crippen LogP contribution is 1.84. The second kappa shape index (κ2) is 6.51. The van der Waals surface area contributed by atoms with Crippen molar-refractivity contribution in [3.05, 3.63) is 0 Å². The van der Waals surface area contributed by atoms with Crippen LogP contribution in [-0.2, 0) is 4.79 Å². The van der Waals surface area contributed by atoms with Gasteiger partial charge in [-0.2, -0.15) is 0 Å². The SMILES string of the molecule is NCCNC(=O)CCCO. The predicted molar refractivity (Wildman–Crippen MR) is 38.4 cm³/mol. The Labute approximate surface area is 60.4 Å². The first-order chi connectivity index (χ1) is 4.81. The third kappa shape index (κ3) is 5.53. The zero-order valence-corrected chi connectivity index (χ0v) is 5.97. The van der Waals surface area contributed by atoms with Gasteiger partial charge in [-0.3, -0.25) is 4.79 Å². The number of nitrogens with one attached hydrogen (secondary N) is 1. The molecule has 0 aromatic rings. The van der Waals surface area contributed by atoms with E-state index < -0.39 is 0 Å². The number of amides is 1. The molecule has 0 radical (unpaired) electrons. The van der Waals surface area contributed by atoms with Crippen LogP contribution < -0.4 is 11.1 Å². The van der Waals surface area contributed by atoms with Gasteiger partial charge in [0.2, 0.25) is 5.91 Å². The van der Waals surface area contributed by atoms with Crippen molar-refractivity contribution in [1.29, 1.82) is 0 Å². The van der Waals surface area contributed by atoms with Crippen LogP contribution in [0.2, 0.25) is 0 Å². The van der Waals surface area contributed by atoms with Gasteiger partial charge < -0.3 is 16.2 Å². The maximum Gasteiger partial charge on any atom is 0.220 e. The minimum Gasteiger partial charge on any atom is -0.396 e. The van der Waals surface area contributed by atoms with Gasteiger partial charge in [0.25, 0.3) is 0 Å². The van der Waals surface area contributed by atoms with E-state index in [0.717, 1.165) is 0 Å². The van der Waals surface area contributed by atoms with Gasteiger partial charge in [0.15, 0.2) is 0 Å². The number of carbonyl (C=O) groups is 1. The van der Waals surface area contributed by atoms with Gasteiger partial charge in [-0.15, -0.1) is 0 Å². The number of hydrogen-bond acceptors (Lipinski definition) is 3. The van der Waals surface area contributed by atoms with E-state index in [2.05, 4.69) is 5.32 Å². The molecule has 0 rings (SSSR count). The zero-order valence-electron chi connectivity index (χ0n) is 5.97. The van der Waals surface area contributed by atoms with E-state index in [4.69, 9.17) is 10.8 Å². The Balaban J connectivity index is 3.09. The second-order valence-electron chi connectivity index (χ2n) is 1.97. The molecule has 0 bridgehead atoms. The lowest BCUT2D eigenvalue weighted by Crippen LogP contribution is -2.28. The molecule has 0 aliphatic rings. The van der Waals surface area contributed by atoms with E-state index >= 15 is 0 Å². The van der Waals surface area contributed by atoms with Gasteiger partial charge in [0, 0.05) is 26.1 Å². The summed E-state index contributed by atoms with van der Waals surface area (Å²) in [5.41, 5.74) is 5.14. The summed E-state index contributed by atoms with van der Waals surface area (Å²) in [6.07, 6.45) is 0.910. The number of nitrogens with two attached hydrogens (primary N) is 1. The van der Waals surface area contributed by atoms with E-state index in [1.165, 1.54) is 0 Å². The molecule has 0 aromatic heterocycles. The van der Waals surface area contributed by atoms with Gasteiger partial charge >= 0.3 is 0 Å². The van der Waals surface area contributed by atoms with Crippen LogP contribution in [0.4, 0.5) is 0 Å². The maximum atomic E-state index is 10.7. The molecular formula is C6H14N2O2. The standard InChI is InChI=1S/C6H14N2O2/c7-3-4-8-6(10)2-1-5-9/h9H,1-5,7H2,(H,8,10). The van der Waals surface area contributed by atoms with Crippen molar-refractivity contribution in [1.82, 2.24) is 5.32 Å². The highest BCUT2D eigenvalue weighted by atomic mass is 16.3. The van der Waals surface area contributed by atoms with Crippen molar-refractivity contribution in [2.24, 2.45) is 5.73 Å². The molecule has 0 unspecified atom stereocenters. The smallest absolute Gasteiger partial charge is 0.220 e. The molecule has 4 nitrogen and oxygen atoms in total. The van der Waals surface area contributed by atoms with Crippen molar-refractivity contribution >= 4 is 5.91 Å². The van der Waals surface area contributed by atoms with Gasteiger partial charge in [0.1, 0.15) is 0 Å². The molecule has 0 spiro atoms. The first-order valence-corrected chi connectivity index (χ1v) is 3.39. The molecule has 0 aliphatic heterocycles. The van der Waals surface area contributed by atoms with Crippen molar-refractivity contribution in [2.45, 2.75) is 12.8 Å². The van der Waals surface area contributed by atoms with Crippen LogP contribution >= 0.6 is 0 Å². The highest BCUT2D eigenvalue weighted by molar-refractivity contribution is 5.75. The fourth-order valence-corrected chi connectivity index (χ4v) is 0.540. The van der Waals surface area contributed by atoms with Crippen molar-refractivity contribution in [3.63, 3.8) is 0 Å². The summed E-state index contributed by atoms with van der Waals surface area (Å²) >= 11 is 0. The molecule has 0 saturated carbocycles. The topological polar surface area (TPSA) is 75.3 Å². The molecule has 0 aromatic carbocycles. The normalized spacial score (nSPS) is 9.40. The van der Waals surface area contributed by atoms with Crippen LogP contribution in [0.3, 0.4) is 0 Å². The quantitative estimate of drug-likeness (QED) is 0.457. The average Bonchev–Trinajstić information content (AvgIpc) is 1.97. The Hall–Kier alpha value is -0.610. The Bertz CT molecular complexity index is 85.7. The summed E-state index contributed by atoms with van der Waals surface area (Å²) < 4.78 is 0.